The molecular formula is C12H20O3. The quantitative estimate of drug-likeness (QED) is 0.761. The van der Waals surface area contributed by atoms with Crippen molar-refractivity contribution in [3.63, 3.8) is 0 Å². The standard InChI is InChI=1S/C12H20O3/c1-14-10-5-4-7-12(13,9-10)11-6-2-3-8-15-11/h6,10,13H,2-5,7-9H2,1H3. The van der Waals surface area contributed by atoms with Crippen LogP contribution in [0.1, 0.15) is 38.5 Å². The molecule has 0 bridgehead atoms. The fraction of sp³-hybridized carbons (Fsp3) is 0.833. The molecular weight excluding hydrogens is 192 g/mol. The van der Waals surface area contributed by atoms with E-state index in [0.29, 0.717) is 6.42 Å². The maximum absolute atomic E-state index is 10.5. The average Bonchev–Trinajstić information content (AvgIpc) is 2.30. The van der Waals surface area contributed by atoms with Gasteiger partial charge in [-0.1, -0.05) is 0 Å². The molecule has 2 rings (SSSR count). The van der Waals surface area contributed by atoms with Crippen LogP contribution in [0.2, 0.25) is 0 Å². The van der Waals surface area contributed by atoms with Gasteiger partial charge < -0.3 is 14.6 Å². The van der Waals surface area contributed by atoms with Gasteiger partial charge in [0.1, 0.15) is 11.4 Å². The zero-order chi connectivity index (χ0) is 10.7. The first-order chi connectivity index (χ1) is 7.24. The van der Waals surface area contributed by atoms with E-state index in [0.717, 1.165) is 44.5 Å². The summed E-state index contributed by atoms with van der Waals surface area (Å²) in [5.41, 5.74) is -0.765. The van der Waals surface area contributed by atoms with Gasteiger partial charge in [0, 0.05) is 13.5 Å². The van der Waals surface area contributed by atoms with Crippen LogP contribution in [0.5, 0.6) is 0 Å². The van der Waals surface area contributed by atoms with Gasteiger partial charge in [0.05, 0.1) is 12.7 Å². The van der Waals surface area contributed by atoms with Gasteiger partial charge in [-0.2, -0.15) is 0 Å². The molecule has 0 saturated heterocycles. The summed E-state index contributed by atoms with van der Waals surface area (Å²) in [5.74, 6) is 0.788. The summed E-state index contributed by atoms with van der Waals surface area (Å²) in [7, 11) is 1.71. The van der Waals surface area contributed by atoms with Gasteiger partial charge in [0.15, 0.2) is 0 Å². The first kappa shape index (κ1) is 11.0. The van der Waals surface area contributed by atoms with Gasteiger partial charge in [-0.05, 0) is 38.2 Å². The highest BCUT2D eigenvalue weighted by Crippen LogP contribution is 2.37. The minimum Gasteiger partial charge on any atom is -0.495 e. The second-order valence-electron chi connectivity index (χ2n) is 4.54. The smallest absolute Gasteiger partial charge is 0.124 e. The topological polar surface area (TPSA) is 38.7 Å². The van der Waals surface area contributed by atoms with Crippen molar-refractivity contribution < 1.29 is 14.6 Å². The molecule has 1 N–H and O–H groups in total. The Morgan fingerprint density at radius 3 is 3.07 bits per heavy atom. The molecule has 86 valence electrons. The zero-order valence-electron chi connectivity index (χ0n) is 9.37. The third kappa shape index (κ3) is 2.34. The second kappa shape index (κ2) is 4.54. The van der Waals surface area contributed by atoms with Crippen molar-refractivity contribution in [2.24, 2.45) is 0 Å². The van der Waals surface area contributed by atoms with E-state index < -0.39 is 5.60 Å². The van der Waals surface area contributed by atoms with Crippen LogP contribution in [0.15, 0.2) is 11.8 Å². The minimum atomic E-state index is -0.765. The lowest BCUT2D eigenvalue weighted by molar-refractivity contribution is -0.0690. The summed E-state index contributed by atoms with van der Waals surface area (Å²) >= 11 is 0. The summed E-state index contributed by atoms with van der Waals surface area (Å²) < 4.78 is 10.9. The Hall–Kier alpha value is -0.540. The zero-order valence-corrected chi connectivity index (χ0v) is 9.37. The van der Waals surface area contributed by atoms with Crippen LogP contribution < -0.4 is 0 Å². The van der Waals surface area contributed by atoms with E-state index in [-0.39, 0.29) is 6.10 Å². The number of ether oxygens (including phenoxy) is 2. The van der Waals surface area contributed by atoms with E-state index in [9.17, 15) is 5.11 Å². The number of methoxy groups -OCH3 is 1. The van der Waals surface area contributed by atoms with Crippen molar-refractivity contribution in [3.8, 4) is 0 Å². The molecule has 0 aromatic rings. The Balaban J connectivity index is 2.07. The van der Waals surface area contributed by atoms with Crippen LogP contribution in [0.4, 0.5) is 0 Å². The molecule has 2 atom stereocenters. The molecule has 2 unspecified atom stereocenters. The minimum absolute atomic E-state index is 0.176. The van der Waals surface area contributed by atoms with Crippen molar-refractivity contribution in [1.82, 2.24) is 0 Å². The van der Waals surface area contributed by atoms with E-state index in [1.807, 2.05) is 6.08 Å². The predicted octanol–water partition coefficient (Wildman–Crippen LogP) is 2.00. The van der Waals surface area contributed by atoms with Crippen molar-refractivity contribution in [1.29, 1.82) is 0 Å². The van der Waals surface area contributed by atoms with Crippen molar-refractivity contribution in [3.05, 3.63) is 11.8 Å². The lowest BCUT2D eigenvalue weighted by Gasteiger charge is -2.38. The molecule has 1 aliphatic carbocycles. The molecule has 1 fully saturated rings. The number of hydrogen-bond acceptors (Lipinski definition) is 3. The lowest BCUT2D eigenvalue weighted by atomic mass is 9.81. The first-order valence-electron chi connectivity index (χ1n) is 5.83. The fourth-order valence-corrected chi connectivity index (χ4v) is 2.51. The highest BCUT2D eigenvalue weighted by molar-refractivity contribution is 5.13. The van der Waals surface area contributed by atoms with E-state index in [2.05, 4.69) is 0 Å². The van der Waals surface area contributed by atoms with Crippen molar-refractivity contribution in [2.75, 3.05) is 13.7 Å². The fourth-order valence-electron chi connectivity index (χ4n) is 2.51. The normalized spacial score (nSPS) is 36.9. The van der Waals surface area contributed by atoms with Gasteiger partial charge in [0.2, 0.25) is 0 Å². The van der Waals surface area contributed by atoms with Crippen LogP contribution in [0.3, 0.4) is 0 Å². The Bertz CT molecular complexity index is 249. The van der Waals surface area contributed by atoms with E-state index in [4.69, 9.17) is 9.47 Å². The summed E-state index contributed by atoms with van der Waals surface area (Å²) in [5, 5.41) is 10.5. The third-order valence-corrected chi connectivity index (χ3v) is 3.41. The first-order valence-corrected chi connectivity index (χ1v) is 5.83. The molecule has 1 heterocycles. The van der Waals surface area contributed by atoms with Gasteiger partial charge in [-0.25, -0.2) is 0 Å². The van der Waals surface area contributed by atoms with Gasteiger partial charge in [-0.15, -0.1) is 0 Å². The van der Waals surface area contributed by atoms with Gasteiger partial charge >= 0.3 is 0 Å². The maximum Gasteiger partial charge on any atom is 0.124 e. The Kier molecular flexibility index (Phi) is 3.32. The van der Waals surface area contributed by atoms with Crippen molar-refractivity contribution >= 4 is 0 Å². The highest BCUT2D eigenvalue weighted by atomic mass is 16.5. The van der Waals surface area contributed by atoms with Crippen LogP contribution in [-0.4, -0.2) is 30.5 Å². The Morgan fingerprint density at radius 1 is 1.53 bits per heavy atom. The molecule has 0 aromatic carbocycles. The monoisotopic (exact) mass is 212 g/mol. The van der Waals surface area contributed by atoms with Crippen LogP contribution in [0, 0.1) is 0 Å². The Labute approximate surface area is 91.1 Å². The molecule has 3 nitrogen and oxygen atoms in total. The summed E-state index contributed by atoms with van der Waals surface area (Å²) in [4.78, 5) is 0. The number of rotatable bonds is 2. The molecule has 15 heavy (non-hydrogen) atoms. The number of hydrogen-bond donors (Lipinski definition) is 1. The van der Waals surface area contributed by atoms with Crippen LogP contribution in [0.25, 0.3) is 0 Å². The summed E-state index contributed by atoms with van der Waals surface area (Å²) in [6, 6.07) is 0. The average molecular weight is 212 g/mol. The molecule has 0 amide bonds. The van der Waals surface area contributed by atoms with E-state index in [1.165, 1.54) is 0 Å². The highest BCUT2D eigenvalue weighted by Gasteiger charge is 2.39. The molecule has 3 heteroatoms. The Morgan fingerprint density at radius 2 is 2.40 bits per heavy atom. The number of allylic oxidation sites excluding steroid dienone is 1. The largest absolute Gasteiger partial charge is 0.495 e. The predicted molar refractivity (Wildman–Crippen MR) is 57.5 cm³/mol. The van der Waals surface area contributed by atoms with Gasteiger partial charge in [-0.3, -0.25) is 0 Å². The molecule has 0 radical (unpaired) electrons. The van der Waals surface area contributed by atoms with Crippen LogP contribution >= 0.6 is 0 Å². The summed E-state index contributed by atoms with van der Waals surface area (Å²) in [6.45, 7) is 0.742. The van der Waals surface area contributed by atoms with Gasteiger partial charge in [0.25, 0.3) is 0 Å². The third-order valence-electron chi connectivity index (χ3n) is 3.41. The van der Waals surface area contributed by atoms with E-state index >= 15 is 0 Å². The summed E-state index contributed by atoms with van der Waals surface area (Å²) in [6.07, 6.45) is 7.84. The SMILES string of the molecule is COC1CCCC(O)(C2=CCCCO2)C1. The molecule has 2 aliphatic rings. The molecule has 1 saturated carbocycles. The van der Waals surface area contributed by atoms with E-state index in [1.54, 1.807) is 7.11 Å². The molecule has 0 spiro atoms. The van der Waals surface area contributed by atoms with Crippen LogP contribution in [-0.2, 0) is 9.47 Å². The van der Waals surface area contributed by atoms with Crippen molar-refractivity contribution in [2.45, 2.75) is 50.2 Å². The second-order valence-corrected chi connectivity index (χ2v) is 4.54. The maximum atomic E-state index is 10.5. The molecule has 0 aromatic heterocycles. The molecule has 1 aliphatic heterocycles. The number of aliphatic hydroxyl groups is 1. The lowest BCUT2D eigenvalue weighted by Crippen LogP contribution is -2.41.